The maximum absolute atomic E-state index is 12.2. The van der Waals surface area contributed by atoms with Crippen molar-refractivity contribution in [2.75, 3.05) is 32.8 Å². The van der Waals surface area contributed by atoms with E-state index in [-0.39, 0.29) is 12.2 Å². The van der Waals surface area contributed by atoms with Crippen LogP contribution < -0.4 is 14.8 Å². The second kappa shape index (κ2) is 9.21. The molecule has 27 heavy (non-hydrogen) atoms. The quantitative estimate of drug-likeness (QED) is 0.785. The Morgan fingerprint density at radius 2 is 1.85 bits per heavy atom. The molecule has 142 valence electrons. The molecule has 0 aliphatic carbocycles. The maximum atomic E-state index is 12.2. The third kappa shape index (κ3) is 5.09. The summed E-state index contributed by atoms with van der Waals surface area (Å²) in [5.41, 5.74) is 2.41. The fourth-order valence-corrected chi connectivity index (χ4v) is 2.76. The number of hydrogen-bond acceptors (Lipinski definition) is 5. The number of benzene rings is 2. The van der Waals surface area contributed by atoms with Crippen molar-refractivity contribution in [3.63, 3.8) is 0 Å². The van der Waals surface area contributed by atoms with E-state index >= 15 is 0 Å². The average molecular weight is 369 g/mol. The average Bonchev–Trinajstić information content (AvgIpc) is 2.73. The van der Waals surface area contributed by atoms with Gasteiger partial charge in [0.2, 0.25) is 5.91 Å². The van der Waals surface area contributed by atoms with Gasteiger partial charge in [-0.1, -0.05) is 18.2 Å². The van der Waals surface area contributed by atoms with Crippen molar-refractivity contribution in [3.8, 4) is 11.5 Å². The highest BCUT2D eigenvalue weighted by atomic mass is 16.7. The highest BCUT2D eigenvalue weighted by molar-refractivity contribution is 6.02. The van der Waals surface area contributed by atoms with E-state index in [0.29, 0.717) is 30.4 Å². The van der Waals surface area contributed by atoms with Gasteiger partial charge in [-0.2, -0.15) is 0 Å². The molecule has 0 unspecified atom stereocenters. The van der Waals surface area contributed by atoms with Gasteiger partial charge in [-0.15, -0.1) is 0 Å². The Balaban J connectivity index is 1.64. The van der Waals surface area contributed by atoms with Gasteiger partial charge in [0.25, 0.3) is 0 Å². The summed E-state index contributed by atoms with van der Waals surface area (Å²) < 4.78 is 21.7. The normalized spacial score (nSPS) is 14.9. The molecular weight excluding hydrogens is 346 g/mol. The number of amides is 1. The van der Waals surface area contributed by atoms with Crippen LogP contribution in [0.25, 0.3) is 6.08 Å². The molecule has 1 heterocycles. The van der Waals surface area contributed by atoms with Crippen LogP contribution >= 0.6 is 0 Å². The van der Waals surface area contributed by atoms with E-state index in [0.717, 1.165) is 17.5 Å². The molecule has 1 N–H and O–H groups in total. The van der Waals surface area contributed by atoms with E-state index in [4.69, 9.17) is 18.9 Å². The van der Waals surface area contributed by atoms with Gasteiger partial charge < -0.3 is 24.3 Å². The SMILES string of the molecule is COc1ccc(C=CC(=O)Nc2cccc(C3OCCCO3)c2)cc1OC. The molecule has 2 aromatic carbocycles. The molecule has 0 bridgehead atoms. The third-order valence-electron chi connectivity index (χ3n) is 4.09. The lowest BCUT2D eigenvalue weighted by molar-refractivity contribution is -0.183. The molecule has 0 saturated carbocycles. The Morgan fingerprint density at radius 3 is 2.59 bits per heavy atom. The number of methoxy groups -OCH3 is 2. The van der Waals surface area contributed by atoms with Crippen LogP contribution in [-0.2, 0) is 14.3 Å². The Kier molecular flexibility index (Phi) is 6.46. The molecule has 0 spiro atoms. The van der Waals surface area contributed by atoms with E-state index in [9.17, 15) is 4.79 Å². The second-order valence-corrected chi connectivity index (χ2v) is 5.99. The molecular formula is C21H23NO5. The van der Waals surface area contributed by atoms with E-state index in [1.807, 2.05) is 30.3 Å². The van der Waals surface area contributed by atoms with Gasteiger partial charge in [-0.3, -0.25) is 4.79 Å². The molecule has 6 heteroatoms. The minimum atomic E-state index is -0.377. The summed E-state index contributed by atoms with van der Waals surface area (Å²) >= 11 is 0. The Morgan fingerprint density at radius 1 is 1.07 bits per heavy atom. The maximum Gasteiger partial charge on any atom is 0.248 e. The van der Waals surface area contributed by atoms with Gasteiger partial charge in [0.05, 0.1) is 27.4 Å². The summed E-state index contributed by atoms with van der Waals surface area (Å²) in [5, 5.41) is 2.85. The zero-order valence-corrected chi connectivity index (χ0v) is 15.4. The Bertz CT molecular complexity index is 812. The number of nitrogens with one attached hydrogen (secondary N) is 1. The van der Waals surface area contributed by atoms with Crippen molar-refractivity contribution < 1.29 is 23.7 Å². The summed E-state index contributed by atoms with van der Waals surface area (Å²) in [5.74, 6) is 1.02. The smallest absolute Gasteiger partial charge is 0.248 e. The van der Waals surface area contributed by atoms with Crippen LogP contribution in [-0.4, -0.2) is 33.3 Å². The number of carbonyl (C=O) groups excluding carboxylic acids is 1. The van der Waals surface area contributed by atoms with Crippen LogP contribution in [0.15, 0.2) is 48.5 Å². The molecule has 1 aliphatic heterocycles. The van der Waals surface area contributed by atoms with E-state index in [1.165, 1.54) is 6.08 Å². The van der Waals surface area contributed by atoms with Crippen molar-refractivity contribution in [1.29, 1.82) is 0 Å². The van der Waals surface area contributed by atoms with Crippen molar-refractivity contribution >= 4 is 17.7 Å². The van der Waals surface area contributed by atoms with Crippen molar-refractivity contribution in [2.45, 2.75) is 12.7 Å². The first-order valence-corrected chi connectivity index (χ1v) is 8.74. The molecule has 6 nitrogen and oxygen atoms in total. The zero-order valence-electron chi connectivity index (χ0n) is 15.4. The van der Waals surface area contributed by atoms with Crippen LogP contribution in [0.1, 0.15) is 23.8 Å². The molecule has 1 fully saturated rings. The van der Waals surface area contributed by atoms with Crippen LogP contribution in [0, 0.1) is 0 Å². The lowest BCUT2D eigenvalue weighted by Gasteiger charge is -2.23. The lowest BCUT2D eigenvalue weighted by atomic mass is 10.1. The summed E-state index contributed by atoms with van der Waals surface area (Å²) in [6.07, 6.45) is 3.71. The molecule has 0 aromatic heterocycles. The number of anilines is 1. The molecule has 1 aliphatic rings. The van der Waals surface area contributed by atoms with Crippen molar-refractivity contribution in [1.82, 2.24) is 0 Å². The predicted molar refractivity (Wildman–Crippen MR) is 103 cm³/mol. The topological polar surface area (TPSA) is 66.0 Å². The fourth-order valence-electron chi connectivity index (χ4n) is 2.76. The van der Waals surface area contributed by atoms with Gasteiger partial charge >= 0.3 is 0 Å². The highest BCUT2D eigenvalue weighted by Crippen LogP contribution is 2.28. The fraction of sp³-hybridized carbons (Fsp3) is 0.286. The standard InChI is InChI=1S/C21H23NO5/c1-24-18-9-7-15(13-19(18)25-2)8-10-20(23)22-17-6-3-5-16(14-17)21-26-11-4-12-27-21/h3,5-10,13-14,21H,4,11-12H2,1-2H3,(H,22,23). The summed E-state index contributed by atoms with van der Waals surface area (Å²) in [4.78, 5) is 12.2. The number of rotatable bonds is 6. The van der Waals surface area contributed by atoms with Gasteiger partial charge in [-0.25, -0.2) is 0 Å². The zero-order chi connectivity index (χ0) is 19.1. The number of carbonyl (C=O) groups is 1. The van der Waals surface area contributed by atoms with Gasteiger partial charge in [-0.05, 0) is 42.3 Å². The Hall–Kier alpha value is -2.83. The predicted octanol–water partition coefficient (Wildman–Crippen LogP) is 3.79. The largest absolute Gasteiger partial charge is 0.493 e. The van der Waals surface area contributed by atoms with Gasteiger partial charge in [0, 0.05) is 17.3 Å². The second-order valence-electron chi connectivity index (χ2n) is 5.99. The van der Waals surface area contributed by atoms with Crippen LogP contribution in [0.5, 0.6) is 11.5 Å². The van der Waals surface area contributed by atoms with Crippen LogP contribution in [0.2, 0.25) is 0 Å². The molecule has 2 aromatic rings. The van der Waals surface area contributed by atoms with E-state index in [2.05, 4.69) is 5.32 Å². The highest BCUT2D eigenvalue weighted by Gasteiger charge is 2.16. The summed E-state index contributed by atoms with van der Waals surface area (Å²) in [7, 11) is 3.16. The first-order valence-electron chi connectivity index (χ1n) is 8.74. The minimum Gasteiger partial charge on any atom is -0.493 e. The van der Waals surface area contributed by atoms with E-state index in [1.54, 1.807) is 32.4 Å². The molecule has 1 amide bonds. The van der Waals surface area contributed by atoms with Gasteiger partial charge in [0.1, 0.15) is 0 Å². The van der Waals surface area contributed by atoms with Crippen molar-refractivity contribution in [2.24, 2.45) is 0 Å². The summed E-state index contributed by atoms with van der Waals surface area (Å²) in [6, 6.07) is 12.9. The first-order chi connectivity index (χ1) is 13.2. The lowest BCUT2D eigenvalue weighted by Crippen LogP contribution is -2.18. The van der Waals surface area contributed by atoms with Crippen molar-refractivity contribution in [3.05, 3.63) is 59.7 Å². The third-order valence-corrected chi connectivity index (χ3v) is 4.09. The number of ether oxygens (including phenoxy) is 4. The van der Waals surface area contributed by atoms with Crippen LogP contribution in [0.3, 0.4) is 0 Å². The molecule has 3 rings (SSSR count). The molecule has 0 radical (unpaired) electrons. The molecule has 0 atom stereocenters. The summed E-state index contributed by atoms with van der Waals surface area (Å²) in [6.45, 7) is 1.35. The first kappa shape index (κ1) is 18.9. The van der Waals surface area contributed by atoms with E-state index < -0.39 is 0 Å². The van der Waals surface area contributed by atoms with Crippen LogP contribution in [0.4, 0.5) is 5.69 Å². The Labute approximate surface area is 158 Å². The minimum absolute atomic E-state index is 0.229. The number of hydrogen-bond donors (Lipinski definition) is 1. The van der Waals surface area contributed by atoms with Gasteiger partial charge in [0.15, 0.2) is 17.8 Å². The molecule has 1 saturated heterocycles. The monoisotopic (exact) mass is 369 g/mol.